The van der Waals surface area contributed by atoms with Crippen molar-refractivity contribution in [3.05, 3.63) is 0 Å². The standard InChI is InChI=1S/C14H24N6O7/c1-8(14(26)27)20-13(25)7-19-12(24)6-18-11(23)5-17-10(22)4-16-9(21)3-15-2/h8,15H,3-7H2,1-2H3,(H,16,21)(H,17,22)(H,18,23)(H,19,24)(H,20,25)(H,26,27)/t8-/m1/s1. The van der Waals surface area contributed by atoms with E-state index in [-0.39, 0.29) is 19.0 Å². The van der Waals surface area contributed by atoms with Crippen LogP contribution < -0.4 is 31.9 Å². The first-order valence-electron chi connectivity index (χ1n) is 7.89. The van der Waals surface area contributed by atoms with E-state index in [0.717, 1.165) is 0 Å². The summed E-state index contributed by atoms with van der Waals surface area (Å²) in [6.07, 6.45) is 0. The van der Waals surface area contributed by atoms with Gasteiger partial charge in [-0.25, -0.2) is 0 Å². The number of amides is 5. The predicted octanol–water partition coefficient (Wildman–Crippen LogP) is -4.74. The zero-order valence-electron chi connectivity index (χ0n) is 15.0. The zero-order valence-corrected chi connectivity index (χ0v) is 15.0. The average Bonchev–Trinajstić information content (AvgIpc) is 2.61. The molecule has 7 N–H and O–H groups in total. The molecule has 0 aromatic rings. The van der Waals surface area contributed by atoms with Crippen molar-refractivity contribution in [2.45, 2.75) is 13.0 Å². The molecule has 0 aliphatic heterocycles. The highest BCUT2D eigenvalue weighted by Crippen LogP contribution is 1.80. The van der Waals surface area contributed by atoms with Crippen LogP contribution in [-0.4, -0.2) is 86.4 Å². The van der Waals surface area contributed by atoms with Crippen molar-refractivity contribution in [2.24, 2.45) is 0 Å². The van der Waals surface area contributed by atoms with Gasteiger partial charge in [0.1, 0.15) is 6.04 Å². The van der Waals surface area contributed by atoms with Gasteiger partial charge in [-0.2, -0.15) is 0 Å². The molecule has 152 valence electrons. The van der Waals surface area contributed by atoms with Crippen LogP contribution in [-0.2, 0) is 28.8 Å². The number of carboxylic acids is 1. The lowest BCUT2D eigenvalue weighted by Gasteiger charge is -2.10. The molecule has 0 aromatic heterocycles. The van der Waals surface area contributed by atoms with Gasteiger partial charge in [0.15, 0.2) is 0 Å². The molecular formula is C14H24N6O7. The number of hydrogen-bond donors (Lipinski definition) is 7. The SMILES string of the molecule is CNCC(=O)NCC(=O)NCC(=O)NCC(=O)NCC(=O)N[C@H](C)C(=O)O. The maximum Gasteiger partial charge on any atom is 0.325 e. The summed E-state index contributed by atoms with van der Waals surface area (Å²) in [5.41, 5.74) is 0. The normalized spacial score (nSPS) is 10.9. The van der Waals surface area contributed by atoms with Gasteiger partial charge in [-0.1, -0.05) is 0 Å². The molecule has 0 bridgehead atoms. The largest absolute Gasteiger partial charge is 0.480 e. The van der Waals surface area contributed by atoms with Crippen molar-refractivity contribution in [3.63, 3.8) is 0 Å². The van der Waals surface area contributed by atoms with Gasteiger partial charge in [0, 0.05) is 0 Å². The summed E-state index contributed by atoms with van der Waals surface area (Å²) in [5, 5.41) is 22.3. The topological polar surface area (TPSA) is 195 Å². The van der Waals surface area contributed by atoms with Crippen LogP contribution in [0.3, 0.4) is 0 Å². The molecule has 1 atom stereocenters. The van der Waals surface area contributed by atoms with Gasteiger partial charge in [0.05, 0.1) is 32.7 Å². The molecule has 5 amide bonds. The Morgan fingerprint density at radius 1 is 0.667 bits per heavy atom. The molecule has 13 nitrogen and oxygen atoms in total. The number of carbonyl (C=O) groups is 6. The van der Waals surface area contributed by atoms with Crippen LogP contribution in [0.5, 0.6) is 0 Å². The van der Waals surface area contributed by atoms with Gasteiger partial charge in [-0.05, 0) is 14.0 Å². The quantitative estimate of drug-likeness (QED) is 0.173. The number of aliphatic carboxylic acids is 1. The van der Waals surface area contributed by atoms with Crippen LogP contribution in [0.4, 0.5) is 0 Å². The maximum atomic E-state index is 11.5. The number of nitrogens with one attached hydrogen (secondary N) is 6. The van der Waals surface area contributed by atoms with E-state index < -0.39 is 55.3 Å². The molecule has 0 rings (SSSR count). The molecule has 0 aliphatic carbocycles. The van der Waals surface area contributed by atoms with E-state index >= 15 is 0 Å². The molecule has 0 spiro atoms. The highest BCUT2D eigenvalue weighted by molar-refractivity contribution is 5.91. The van der Waals surface area contributed by atoms with Crippen LogP contribution in [0, 0.1) is 0 Å². The molecule has 13 heteroatoms. The third-order valence-corrected chi connectivity index (χ3v) is 2.87. The summed E-state index contributed by atoms with van der Waals surface area (Å²) >= 11 is 0. The van der Waals surface area contributed by atoms with Crippen LogP contribution in [0.2, 0.25) is 0 Å². The summed E-state index contributed by atoms with van der Waals surface area (Å²) in [5.74, 6) is -4.20. The van der Waals surface area contributed by atoms with Crippen molar-refractivity contribution < 1.29 is 33.9 Å². The summed E-state index contributed by atoms with van der Waals surface area (Å²) in [7, 11) is 1.57. The third-order valence-electron chi connectivity index (χ3n) is 2.87. The number of rotatable bonds is 12. The fourth-order valence-corrected chi connectivity index (χ4v) is 1.48. The minimum absolute atomic E-state index is 0.0517. The second-order valence-corrected chi connectivity index (χ2v) is 5.26. The highest BCUT2D eigenvalue weighted by Gasteiger charge is 2.14. The van der Waals surface area contributed by atoms with E-state index in [1.54, 1.807) is 7.05 Å². The van der Waals surface area contributed by atoms with Gasteiger partial charge in [-0.3, -0.25) is 28.8 Å². The first-order chi connectivity index (χ1) is 12.6. The maximum absolute atomic E-state index is 11.5. The molecule has 0 saturated heterocycles. The molecule has 0 heterocycles. The molecule has 0 fully saturated rings. The molecular weight excluding hydrogens is 364 g/mol. The summed E-state index contributed by atoms with van der Waals surface area (Å²) in [6.45, 7) is -0.258. The number of hydrogen-bond acceptors (Lipinski definition) is 7. The molecule has 0 aliphatic rings. The summed E-state index contributed by atoms with van der Waals surface area (Å²) in [6, 6.07) is -1.10. The van der Waals surface area contributed by atoms with E-state index in [2.05, 4.69) is 31.9 Å². The second-order valence-electron chi connectivity index (χ2n) is 5.26. The van der Waals surface area contributed by atoms with E-state index in [1.165, 1.54) is 6.92 Å². The lowest BCUT2D eigenvalue weighted by Crippen LogP contribution is -2.47. The van der Waals surface area contributed by atoms with Crippen LogP contribution in [0.1, 0.15) is 6.92 Å². The average molecular weight is 388 g/mol. The summed E-state index contributed by atoms with van der Waals surface area (Å²) < 4.78 is 0. The predicted molar refractivity (Wildman–Crippen MR) is 91.2 cm³/mol. The Bertz CT molecular complexity index is 580. The first kappa shape index (κ1) is 23.8. The molecule has 0 saturated carbocycles. The Kier molecular flexibility index (Phi) is 11.5. The molecule has 0 radical (unpaired) electrons. The second kappa shape index (κ2) is 13.0. The number of carbonyl (C=O) groups excluding carboxylic acids is 5. The van der Waals surface area contributed by atoms with Crippen molar-refractivity contribution in [3.8, 4) is 0 Å². The van der Waals surface area contributed by atoms with Crippen LogP contribution >= 0.6 is 0 Å². The van der Waals surface area contributed by atoms with Crippen molar-refractivity contribution in [1.29, 1.82) is 0 Å². The Morgan fingerprint density at radius 2 is 1.00 bits per heavy atom. The lowest BCUT2D eigenvalue weighted by atomic mass is 10.3. The Balaban J connectivity index is 3.89. The van der Waals surface area contributed by atoms with Crippen LogP contribution in [0.25, 0.3) is 0 Å². The molecule has 0 unspecified atom stereocenters. The summed E-state index contributed by atoms with van der Waals surface area (Å²) in [4.78, 5) is 67.5. The monoisotopic (exact) mass is 388 g/mol. The Labute approximate surface area is 155 Å². The third kappa shape index (κ3) is 12.7. The van der Waals surface area contributed by atoms with Crippen LogP contribution in [0.15, 0.2) is 0 Å². The van der Waals surface area contributed by atoms with Gasteiger partial charge in [0.25, 0.3) is 0 Å². The molecule has 27 heavy (non-hydrogen) atoms. The van der Waals surface area contributed by atoms with Crippen molar-refractivity contribution in [1.82, 2.24) is 31.9 Å². The lowest BCUT2D eigenvalue weighted by molar-refractivity contribution is -0.141. The van der Waals surface area contributed by atoms with Crippen molar-refractivity contribution in [2.75, 3.05) is 39.8 Å². The fourth-order valence-electron chi connectivity index (χ4n) is 1.48. The van der Waals surface area contributed by atoms with Gasteiger partial charge in [0.2, 0.25) is 29.5 Å². The van der Waals surface area contributed by atoms with Gasteiger partial charge < -0.3 is 37.0 Å². The van der Waals surface area contributed by atoms with Crippen molar-refractivity contribution >= 4 is 35.5 Å². The van der Waals surface area contributed by atoms with Gasteiger partial charge in [-0.15, -0.1) is 0 Å². The zero-order chi connectivity index (χ0) is 20.8. The van der Waals surface area contributed by atoms with E-state index in [0.29, 0.717) is 0 Å². The first-order valence-corrected chi connectivity index (χ1v) is 7.89. The number of carboxylic acid groups (broad SMARTS) is 1. The van der Waals surface area contributed by atoms with E-state index in [4.69, 9.17) is 5.11 Å². The fraction of sp³-hybridized carbons (Fsp3) is 0.571. The molecule has 0 aromatic carbocycles. The minimum atomic E-state index is -1.22. The van der Waals surface area contributed by atoms with Gasteiger partial charge >= 0.3 is 5.97 Å². The number of likely N-dealkylation sites (N-methyl/N-ethyl adjacent to an activating group) is 1. The van der Waals surface area contributed by atoms with E-state index in [1.807, 2.05) is 0 Å². The van der Waals surface area contributed by atoms with E-state index in [9.17, 15) is 28.8 Å². The Morgan fingerprint density at radius 3 is 1.33 bits per heavy atom. The minimum Gasteiger partial charge on any atom is -0.480 e. The Hall–Kier alpha value is -3.22. The smallest absolute Gasteiger partial charge is 0.325 e. The highest BCUT2D eigenvalue weighted by atomic mass is 16.4.